The van der Waals surface area contributed by atoms with Crippen LogP contribution in [0.15, 0.2) is 49.1 Å². The lowest BCUT2D eigenvalue weighted by molar-refractivity contribution is -0.137. The van der Waals surface area contributed by atoms with Gasteiger partial charge in [-0.2, -0.15) is 0 Å². The van der Waals surface area contributed by atoms with Crippen LogP contribution in [0.1, 0.15) is 18.7 Å². The average molecular weight is 510 g/mol. The van der Waals surface area contributed by atoms with Gasteiger partial charge in [-0.25, -0.2) is 19.7 Å². The zero-order chi connectivity index (χ0) is 25.8. The van der Waals surface area contributed by atoms with E-state index in [4.69, 9.17) is 19.3 Å². The molecule has 5 unspecified atom stereocenters. The number of carboxylic acids is 1. The van der Waals surface area contributed by atoms with Crippen LogP contribution in [0.5, 0.6) is 0 Å². The van der Waals surface area contributed by atoms with E-state index in [1.54, 1.807) is 10.9 Å². The van der Waals surface area contributed by atoms with Gasteiger partial charge in [0.05, 0.1) is 12.9 Å². The summed E-state index contributed by atoms with van der Waals surface area (Å²) in [4.78, 5) is 35.9. The molecule has 3 aromatic rings. The van der Waals surface area contributed by atoms with Crippen molar-refractivity contribution in [3.8, 4) is 0 Å². The van der Waals surface area contributed by atoms with Crippen LogP contribution < -0.4 is 16.0 Å². The van der Waals surface area contributed by atoms with E-state index in [0.29, 0.717) is 17.7 Å². The molecule has 2 aromatic heterocycles. The van der Waals surface area contributed by atoms with Crippen molar-refractivity contribution >= 4 is 35.1 Å². The van der Waals surface area contributed by atoms with Crippen molar-refractivity contribution in [2.24, 2.45) is 0 Å². The van der Waals surface area contributed by atoms with Crippen molar-refractivity contribution in [3.05, 3.63) is 54.6 Å². The molecule has 2 aliphatic rings. The number of aliphatic carboxylic acids is 1. The Morgan fingerprint density at radius 1 is 1.11 bits per heavy atom. The van der Waals surface area contributed by atoms with E-state index in [1.165, 1.54) is 6.33 Å². The van der Waals surface area contributed by atoms with Crippen molar-refractivity contribution in [2.45, 2.75) is 37.8 Å². The molecule has 1 aromatic carbocycles. The Labute approximate surface area is 211 Å². The fourth-order valence-electron chi connectivity index (χ4n) is 4.36. The fraction of sp³-hybridized carbons (Fsp3) is 0.375. The summed E-state index contributed by atoms with van der Waals surface area (Å²) in [6.07, 6.45) is 3.87. The molecule has 4 N–H and O–H groups in total. The lowest BCUT2D eigenvalue weighted by Crippen LogP contribution is -2.38. The van der Waals surface area contributed by atoms with Gasteiger partial charge in [0.15, 0.2) is 29.5 Å². The maximum atomic E-state index is 12.0. The van der Waals surface area contributed by atoms with Crippen LogP contribution >= 0.6 is 0 Å². The molecule has 37 heavy (non-hydrogen) atoms. The van der Waals surface area contributed by atoms with Gasteiger partial charge in [-0.05, 0) is 18.6 Å². The second-order valence-electron chi connectivity index (χ2n) is 8.46. The minimum atomic E-state index is -0.970. The van der Waals surface area contributed by atoms with Crippen LogP contribution in [0.4, 0.5) is 10.6 Å². The lowest BCUT2D eigenvalue weighted by Gasteiger charge is -2.20. The quantitative estimate of drug-likeness (QED) is 0.331. The van der Waals surface area contributed by atoms with Crippen LogP contribution in [0.2, 0.25) is 0 Å². The molecule has 4 heterocycles. The molecule has 0 spiro atoms. The number of ether oxygens (including phenoxy) is 3. The highest BCUT2D eigenvalue weighted by molar-refractivity contribution is 5.95. The first kappa shape index (κ1) is 24.8. The normalized spacial score (nSPS) is 24.9. The van der Waals surface area contributed by atoms with Gasteiger partial charge in [0.1, 0.15) is 24.6 Å². The molecule has 2 saturated heterocycles. The Balaban J connectivity index is 1.39. The molecule has 0 saturated carbocycles. The molecule has 0 aliphatic carbocycles. The predicted octanol–water partition coefficient (Wildman–Crippen LogP) is 1.36. The first-order valence-corrected chi connectivity index (χ1v) is 11.9. The van der Waals surface area contributed by atoms with Gasteiger partial charge in [-0.15, -0.1) is 0 Å². The smallest absolute Gasteiger partial charge is 0.320 e. The number of urea groups is 1. The average Bonchev–Trinajstić information content (AvgIpc) is 3.58. The van der Waals surface area contributed by atoms with Gasteiger partial charge in [-0.1, -0.05) is 36.4 Å². The molecular weight excluding hydrogens is 482 g/mol. The van der Waals surface area contributed by atoms with E-state index in [-0.39, 0.29) is 18.9 Å². The number of aromatic nitrogens is 4. The van der Waals surface area contributed by atoms with E-state index in [2.05, 4.69) is 30.9 Å². The van der Waals surface area contributed by atoms with Gasteiger partial charge in [0.2, 0.25) is 0 Å². The monoisotopic (exact) mass is 509 g/mol. The van der Waals surface area contributed by atoms with Crippen molar-refractivity contribution in [2.75, 3.05) is 25.0 Å². The molecule has 0 bridgehead atoms. The summed E-state index contributed by atoms with van der Waals surface area (Å²) in [5.74, 6) is -0.709. The van der Waals surface area contributed by atoms with Crippen molar-refractivity contribution in [1.29, 1.82) is 0 Å². The number of hydrogen-bond acceptors (Lipinski definition) is 9. The number of amides is 2. The number of nitrogens with one attached hydrogen (secondary N) is 3. The summed E-state index contributed by atoms with van der Waals surface area (Å²) < 4.78 is 20.4. The lowest BCUT2D eigenvalue weighted by atomic mass is 10.1. The van der Waals surface area contributed by atoms with E-state index < -0.39 is 42.8 Å². The molecule has 0 radical (unpaired) electrons. The number of nitrogens with zero attached hydrogens (tertiary/aromatic N) is 4. The molecule has 194 valence electrons. The number of carbonyl (C=O) groups is 2. The van der Waals surface area contributed by atoms with E-state index in [1.807, 2.05) is 49.4 Å². The van der Waals surface area contributed by atoms with E-state index in [9.17, 15) is 9.59 Å². The zero-order valence-electron chi connectivity index (χ0n) is 20.0. The summed E-state index contributed by atoms with van der Waals surface area (Å²) >= 11 is 0. The zero-order valence-corrected chi connectivity index (χ0v) is 20.0. The molecule has 2 fully saturated rings. The van der Waals surface area contributed by atoms with Crippen LogP contribution in [0, 0.1) is 0 Å². The Kier molecular flexibility index (Phi) is 7.37. The Hall–Kier alpha value is -3.91. The number of hydrogen-bond donors (Lipinski definition) is 4. The third-order valence-electron chi connectivity index (χ3n) is 5.94. The summed E-state index contributed by atoms with van der Waals surface area (Å²) in [5, 5.41) is 17.2. The number of imidazole rings is 1. The van der Waals surface area contributed by atoms with Gasteiger partial charge in [0.25, 0.3) is 0 Å². The first-order chi connectivity index (χ1) is 18.0. The number of carbonyl (C=O) groups excluding carboxylic acids is 1. The van der Waals surface area contributed by atoms with Gasteiger partial charge < -0.3 is 30.0 Å². The van der Waals surface area contributed by atoms with Crippen molar-refractivity contribution in [1.82, 2.24) is 30.2 Å². The predicted molar refractivity (Wildman–Crippen MR) is 131 cm³/mol. The second-order valence-corrected chi connectivity index (χ2v) is 8.46. The topological polar surface area (TPSA) is 162 Å². The van der Waals surface area contributed by atoms with E-state index >= 15 is 0 Å². The Morgan fingerprint density at radius 3 is 2.70 bits per heavy atom. The number of rotatable bonds is 9. The Bertz CT molecular complexity index is 1280. The molecule has 2 amide bonds. The fourth-order valence-corrected chi connectivity index (χ4v) is 4.36. The van der Waals surface area contributed by atoms with Crippen LogP contribution in [0.3, 0.4) is 0 Å². The van der Waals surface area contributed by atoms with Gasteiger partial charge >= 0.3 is 12.0 Å². The second kappa shape index (κ2) is 11.0. The molecule has 5 rings (SSSR count). The third kappa shape index (κ3) is 5.44. The minimum Gasteiger partial charge on any atom is -0.480 e. The summed E-state index contributed by atoms with van der Waals surface area (Å²) in [6.45, 7) is 2.30. The summed E-state index contributed by atoms with van der Waals surface area (Å²) in [6, 6.07) is 9.37. The third-order valence-corrected chi connectivity index (χ3v) is 5.94. The number of benzene rings is 1. The van der Waals surface area contributed by atoms with Crippen molar-refractivity contribution in [3.63, 3.8) is 0 Å². The molecule has 13 nitrogen and oxygen atoms in total. The highest BCUT2D eigenvalue weighted by Gasteiger charge is 2.53. The summed E-state index contributed by atoms with van der Waals surface area (Å²) in [5.41, 5.74) is 1.83. The molecule has 13 heteroatoms. The maximum absolute atomic E-state index is 12.0. The van der Waals surface area contributed by atoms with Crippen LogP contribution in [-0.2, 0) is 19.0 Å². The van der Waals surface area contributed by atoms with Crippen molar-refractivity contribution < 1.29 is 28.9 Å². The highest BCUT2D eigenvalue weighted by Crippen LogP contribution is 2.40. The SMILES string of the molecule is CCNC(=O)Nc1ncnc2c1ncn2C1OC(CNCC(=O)O)C2OC(/C=C/c3ccccc3)OC21. The molecular formula is C24H27N7O6. The first-order valence-electron chi connectivity index (χ1n) is 11.9. The van der Waals surface area contributed by atoms with Crippen LogP contribution in [-0.4, -0.2) is 80.9 Å². The Morgan fingerprint density at radius 2 is 1.92 bits per heavy atom. The van der Waals surface area contributed by atoms with E-state index in [0.717, 1.165) is 5.56 Å². The highest BCUT2D eigenvalue weighted by atomic mass is 16.8. The minimum absolute atomic E-state index is 0.212. The molecule has 5 atom stereocenters. The number of carboxylic acid groups (broad SMARTS) is 1. The molecule has 2 aliphatic heterocycles. The number of fused-ring (bicyclic) bond motifs is 2. The number of anilines is 1. The van der Waals surface area contributed by atoms with Gasteiger partial charge in [0, 0.05) is 13.1 Å². The van der Waals surface area contributed by atoms with Crippen LogP contribution in [0.25, 0.3) is 17.2 Å². The largest absolute Gasteiger partial charge is 0.480 e. The maximum Gasteiger partial charge on any atom is 0.320 e. The van der Waals surface area contributed by atoms with Gasteiger partial charge in [-0.3, -0.25) is 14.7 Å². The summed E-state index contributed by atoms with van der Waals surface area (Å²) in [7, 11) is 0. The standard InChI is InChI=1S/C24H27N7O6/c1-2-26-24(34)30-21-18-22(28-12-27-21)31(13-29-18)23-20-19(15(35-23)10-25-11-16(32)33)36-17(37-20)9-8-14-6-4-3-5-7-14/h3-9,12-13,15,17,19-20,23,25H,2,10-11H2,1H3,(H,32,33)(H2,26,27,28,30,34)/b9-8+.